The molecule has 0 aliphatic carbocycles. The fourth-order valence-electron chi connectivity index (χ4n) is 0. The van der Waals surface area contributed by atoms with E-state index in [0.717, 1.165) is 0 Å². The molecule has 0 aliphatic heterocycles. The van der Waals surface area contributed by atoms with Crippen LogP contribution in [0.15, 0.2) is 0 Å². The fraction of sp³-hybridized carbons (Fsp3) is 0. The Bertz CT molecular complexity index is 287. The zero-order chi connectivity index (χ0) is 15.5. The van der Waals surface area contributed by atoms with Crippen LogP contribution < -0.4 is 0 Å². The van der Waals surface area contributed by atoms with Crippen molar-refractivity contribution in [2.24, 2.45) is 0 Å². The minimum absolute atomic E-state index is 0. The molecule has 26 N–H and O–H groups in total. The van der Waals surface area contributed by atoms with E-state index in [0.29, 0.717) is 0 Å². The Morgan fingerprint density at radius 2 is 0.300 bits per heavy atom. The molecule has 0 aromatic heterocycles. The summed E-state index contributed by atoms with van der Waals surface area (Å²) in [7, 11) is 0. The van der Waals surface area contributed by atoms with E-state index in [1.807, 2.05) is 0 Å². The van der Waals surface area contributed by atoms with Crippen LogP contribution in [0.3, 0.4) is 0 Å². The summed E-state index contributed by atoms with van der Waals surface area (Å²) in [5, 5.41) is 44.3. The molecular formula is C6H26O22Tb2. The number of hydrogen-bond acceptors (Lipinski definition) is 6. The largest absolute Gasteiger partial charge is 0.473 e. The van der Waals surface area contributed by atoms with Crippen LogP contribution in [0.2, 0.25) is 0 Å². The monoisotopic (exact) mass is 768 g/mol. The zero-order valence-corrected chi connectivity index (χ0v) is 18.1. The molecule has 0 aromatic carbocycles. The predicted molar refractivity (Wildman–Crippen MR) is 82.0 cm³/mol. The van der Waals surface area contributed by atoms with Crippen molar-refractivity contribution in [2.75, 3.05) is 0 Å². The molecule has 0 saturated carbocycles. The zero-order valence-electron chi connectivity index (χ0n) is 13.8. The van der Waals surface area contributed by atoms with E-state index < -0.39 is 35.8 Å². The smallest absolute Gasteiger partial charge is 0.414 e. The summed E-state index contributed by atoms with van der Waals surface area (Å²) in [6, 6.07) is 0. The quantitative estimate of drug-likeness (QED) is 0.125. The molecule has 200 valence electrons. The van der Waals surface area contributed by atoms with E-state index in [4.69, 9.17) is 59.4 Å². The summed E-state index contributed by atoms with van der Waals surface area (Å²) < 4.78 is 0. The van der Waals surface area contributed by atoms with Gasteiger partial charge >= 0.3 is 35.8 Å². The predicted octanol–water partition coefficient (Wildman–Crippen LogP) is -10.8. The number of carboxylic acids is 6. The first-order valence-electron chi connectivity index (χ1n) is 3.32. The first-order chi connectivity index (χ1) is 7.93. The maximum atomic E-state index is 9.10. The Hall–Kier alpha value is -1.01. The van der Waals surface area contributed by atoms with Crippen LogP contribution in [0, 0.1) is 77.2 Å². The number of hydrogen-bond donors (Lipinski definition) is 6. The van der Waals surface area contributed by atoms with Gasteiger partial charge in [0.1, 0.15) is 0 Å². The summed E-state index contributed by atoms with van der Waals surface area (Å²) in [5.41, 5.74) is 0. The molecule has 0 amide bonds. The first-order valence-corrected chi connectivity index (χ1v) is 3.32. The molecule has 0 spiro atoms. The van der Waals surface area contributed by atoms with Gasteiger partial charge in [0, 0.05) is 77.2 Å². The van der Waals surface area contributed by atoms with Gasteiger partial charge in [-0.15, -0.1) is 0 Å². The van der Waals surface area contributed by atoms with Crippen LogP contribution >= 0.6 is 0 Å². The molecule has 0 unspecified atom stereocenters. The minimum atomic E-state index is -1.82. The van der Waals surface area contributed by atoms with E-state index in [-0.39, 0.29) is 132 Å². The molecular weight excluding hydrogens is 742 g/mol. The van der Waals surface area contributed by atoms with E-state index in [1.165, 1.54) is 0 Å². The van der Waals surface area contributed by atoms with Gasteiger partial charge in [0.15, 0.2) is 0 Å². The van der Waals surface area contributed by atoms with E-state index in [2.05, 4.69) is 0 Å². The Morgan fingerprint density at radius 1 is 0.267 bits per heavy atom. The fourth-order valence-corrected chi connectivity index (χ4v) is 0. The van der Waals surface area contributed by atoms with Gasteiger partial charge in [0.2, 0.25) is 0 Å². The average Bonchev–Trinajstić information content (AvgIpc) is 2.18. The van der Waals surface area contributed by atoms with Crippen LogP contribution in [0.1, 0.15) is 0 Å². The number of aliphatic carboxylic acids is 6. The molecule has 22 nitrogen and oxygen atoms in total. The van der Waals surface area contributed by atoms with E-state index in [1.54, 1.807) is 0 Å². The maximum absolute atomic E-state index is 9.10. The van der Waals surface area contributed by atoms with Gasteiger partial charge in [-0.25, -0.2) is 28.8 Å². The van der Waals surface area contributed by atoms with Gasteiger partial charge < -0.3 is 85.4 Å². The second-order valence-corrected chi connectivity index (χ2v) is 1.83. The van der Waals surface area contributed by atoms with Gasteiger partial charge in [-0.05, 0) is 0 Å². The van der Waals surface area contributed by atoms with Gasteiger partial charge in [0.05, 0.1) is 0 Å². The molecule has 0 aromatic rings. The van der Waals surface area contributed by atoms with Crippen LogP contribution in [0.4, 0.5) is 0 Å². The normalized spacial score (nSPS) is 4.40. The summed E-state index contributed by atoms with van der Waals surface area (Å²) in [5.74, 6) is -10.9. The number of carbonyl (C=O) groups is 6. The molecule has 0 fully saturated rings. The topological polar surface area (TPSA) is 539 Å². The summed E-state index contributed by atoms with van der Waals surface area (Å²) in [6.45, 7) is 0. The molecule has 2 radical (unpaired) electrons. The second kappa shape index (κ2) is 70.6. The van der Waals surface area contributed by atoms with Crippen LogP contribution in [-0.2, 0) is 28.8 Å². The molecule has 0 heterocycles. The van der Waals surface area contributed by atoms with Gasteiger partial charge in [-0.1, -0.05) is 0 Å². The Kier molecular flexibility index (Phi) is 273. The molecule has 30 heavy (non-hydrogen) atoms. The van der Waals surface area contributed by atoms with Crippen molar-refractivity contribution in [3.63, 3.8) is 0 Å². The van der Waals surface area contributed by atoms with Gasteiger partial charge in [-0.2, -0.15) is 0 Å². The number of carboxylic acid groups (broad SMARTS) is 6. The van der Waals surface area contributed by atoms with E-state index in [9.17, 15) is 0 Å². The molecule has 0 atom stereocenters. The van der Waals surface area contributed by atoms with Crippen molar-refractivity contribution in [1.82, 2.24) is 0 Å². The summed E-state index contributed by atoms with van der Waals surface area (Å²) in [4.78, 5) is 54.6. The second-order valence-electron chi connectivity index (χ2n) is 1.83. The van der Waals surface area contributed by atoms with Crippen molar-refractivity contribution < 1.29 is 191 Å². The van der Waals surface area contributed by atoms with Crippen molar-refractivity contribution in [1.29, 1.82) is 0 Å². The molecule has 0 aliphatic rings. The van der Waals surface area contributed by atoms with E-state index >= 15 is 0 Å². The number of rotatable bonds is 0. The Morgan fingerprint density at radius 3 is 0.300 bits per heavy atom. The standard InChI is InChI=1S/3C2H2O4.10H2O.2Tb/c3*3-1(4)2(5)6;;;;;;;;;;;;/h3*(H,3,4)(H,5,6);10*1H2;;. The van der Waals surface area contributed by atoms with Gasteiger partial charge in [0.25, 0.3) is 0 Å². The molecule has 0 rings (SSSR count). The Labute approximate surface area is 225 Å². The van der Waals surface area contributed by atoms with Crippen LogP contribution in [-0.4, -0.2) is 121 Å². The third-order valence-corrected chi connectivity index (χ3v) is 0.549. The minimum Gasteiger partial charge on any atom is -0.473 e. The summed E-state index contributed by atoms with van der Waals surface area (Å²) in [6.07, 6.45) is 0. The molecule has 24 heteroatoms. The van der Waals surface area contributed by atoms with Crippen LogP contribution in [0.5, 0.6) is 0 Å². The van der Waals surface area contributed by atoms with Crippen LogP contribution in [0.25, 0.3) is 0 Å². The third-order valence-electron chi connectivity index (χ3n) is 0.549. The third kappa shape index (κ3) is 151. The maximum Gasteiger partial charge on any atom is 0.414 e. The first kappa shape index (κ1) is 116. The average molecular weight is 768 g/mol. The van der Waals surface area contributed by atoms with Crippen molar-refractivity contribution >= 4 is 35.8 Å². The van der Waals surface area contributed by atoms with Crippen molar-refractivity contribution in [2.45, 2.75) is 0 Å². The van der Waals surface area contributed by atoms with Crippen molar-refractivity contribution in [3.8, 4) is 0 Å². The Balaban J connectivity index is -0.00000000721. The SMILES string of the molecule is O.O.O.O.O.O.O.O.O.O.O=C(O)C(=O)O.O=C(O)C(=O)O.O=C(O)C(=O)O.[Tb].[Tb]. The van der Waals surface area contributed by atoms with Gasteiger partial charge in [-0.3, -0.25) is 0 Å². The summed E-state index contributed by atoms with van der Waals surface area (Å²) >= 11 is 0. The molecule has 0 bridgehead atoms. The molecule has 0 saturated heterocycles. The van der Waals surface area contributed by atoms with Crippen molar-refractivity contribution in [3.05, 3.63) is 0 Å².